The van der Waals surface area contributed by atoms with Crippen LogP contribution in [0.25, 0.3) is 0 Å². The molecule has 1 rings (SSSR count). The topological polar surface area (TPSA) is 34.1 Å². The highest BCUT2D eigenvalue weighted by Crippen LogP contribution is 2.07. The van der Waals surface area contributed by atoms with Gasteiger partial charge in [-0.1, -0.05) is 6.92 Å². The van der Waals surface area contributed by atoms with Gasteiger partial charge in [0, 0.05) is 30.6 Å². The van der Waals surface area contributed by atoms with Gasteiger partial charge in [0.05, 0.1) is 11.6 Å². The zero-order chi connectivity index (χ0) is 10.9. The van der Waals surface area contributed by atoms with Crippen LogP contribution in [0.2, 0.25) is 0 Å². The van der Waals surface area contributed by atoms with Gasteiger partial charge in [-0.2, -0.15) is 0 Å². The first-order valence-corrected chi connectivity index (χ1v) is 6.44. The van der Waals surface area contributed by atoms with Crippen molar-refractivity contribution in [3.8, 4) is 0 Å². The molecule has 1 N–H and O–H groups in total. The minimum absolute atomic E-state index is 0.399. The quantitative estimate of drug-likeness (QED) is 0.740. The van der Waals surface area contributed by atoms with E-state index in [2.05, 4.69) is 17.2 Å². The van der Waals surface area contributed by atoms with E-state index in [-0.39, 0.29) is 0 Å². The Kier molecular flexibility index (Phi) is 6.55. The molecule has 0 spiro atoms. The Balaban J connectivity index is 2.33. The Morgan fingerprint density at radius 1 is 1.53 bits per heavy atom. The number of hydrogen-bond acceptors (Lipinski definition) is 4. The smallest absolute Gasteiger partial charge is 0.0941 e. The number of ether oxygens (including phenoxy) is 1. The molecule has 0 fully saturated rings. The summed E-state index contributed by atoms with van der Waals surface area (Å²) in [6.07, 6.45) is 3.98. The van der Waals surface area contributed by atoms with E-state index >= 15 is 0 Å². The maximum atomic E-state index is 5.46. The molecule has 1 aromatic rings. The van der Waals surface area contributed by atoms with Gasteiger partial charge >= 0.3 is 0 Å². The molecule has 1 aromatic heterocycles. The lowest BCUT2D eigenvalue weighted by molar-refractivity contribution is 0.122. The van der Waals surface area contributed by atoms with Crippen LogP contribution in [0.15, 0.2) is 11.6 Å². The first-order chi connectivity index (χ1) is 7.36. The van der Waals surface area contributed by atoms with Crippen molar-refractivity contribution >= 4 is 11.3 Å². The summed E-state index contributed by atoms with van der Waals surface area (Å²) in [6, 6.07) is 0.399. The number of nitrogens with one attached hydrogen (secondary N) is 1. The number of thiazole rings is 1. The van der Waals surface area contributed by atoms with Gasteiger partial charge < -0.3 is 10.1 Å². The van der Waals surface area contributed by atoms with Crippen LogP contribution in [0.1, 0.15) is 25.3 Å². The second-order valence-electron chi connectivity index (χ2n) is 3.44. The van der Waals surface area contributed by atoms with Crippen molar-refractivity contribution in [2.24, 2.45) is 0 Å². The molecule has 0 aromatic carbocycles. The monoisotopic (exact) mass is 228 g/mol. The van der Waals surface area contributed by atoms with Crippen LogP contribution in [-0.4, -0.2) is 30.8 Å². The average Bonchev–Trinajstić information content (AvgIpc) is 2.74. The predicted molar refractivity (Wildman–Crippen MR) is 64.4 cm³/mol. The van der Waals surface area contributed by atoms with Crippen LogP contribution >= 0.6 is 11.3 Å². The fourth-order valence-corrected chi connectivity index (χ4v) is 2.06. The van der Waals surface area contributed by atoms with Crippen LogP contribution in [0, 0.1) is 0 Å². The van der Waals surface area contributed by atoms with E-state index in [1.54, 1.807) is 11.3 Å². The van der Waals surface area contributed by atoms with Gasteiger partial charge in [-0.05, 0) is 19.9 Å². The molecule has 0 saturated heterocycles. The lowest BCUT2D eigenvalue weighted by atomic mass is 10.2. The van der Waals surface area contributed by atoms with Gasteiger partial charge in [-0.3, -0.25) is 0 Å². The molecule has 1 heterocycles. The summed E-state index contributed by atoms with van der Waals surface area (Å²) in [4.78, 5) is 4.30. The zero-order valence-corrected chi connectivity index (χ0v) is 10.3. The molecule has 4 heteroatoms. The summed E-state index contributed by atoms with van der Waals surface area (Å²) >= 11 is 1.71. The van der Waals surface area contributed by atoms with Gasteiger partial charge in [0.2, 0.25) is 0 Å². The van der Waals surface area contributed by atoms with Crippen molar-refractivity contribution in [1.29, 1.82) is 0 Å². The minimum atomic E-state index is 0.399. The number of nitrogens with zero attached hydrogens (tertiary/aromatic N) is 1. The van der Waals surface area contributed by atoms with Crippen LogP contribution in [-0.2, 0) is 11.2 Å². The fourth-order valence-electron chi connectivity index (χ4n) is 1.36. The van der Waals surface area contributed by atoms with Crippen molar-refractivity contribution < 1.29 is 4.74 Å². The Labute approximate surface area is 95.9 Å². The van der Waals surface area contributed by atoms with E-state index in [9.17, 15) is 0 Å². The average molecular weight is 228 g/mol. The summed E-state index contributed by atoms with van der Waals surface area (Å²) in [7, 11) is 0. The summed E-state index contributed by atoms with van der Waals surface area (Å²) in [6.45, 7) is 6.80. The van der Waals surface area contributed by atoms with Crippen molar-refractivity contribution in [3.05, 3.63) is 16.6 Å². The highest BCUT2D eigenvalue weighted by atomic mass is 32.1. The van der Waals surface area contributed by atoms with Gasteiger partial charge in [0.1, 0.15) is 0 Å². The molecule has 0 aliphatic heterocycles. The molecular formula is C11H20N2OS. The Morgan fingerprint density at radius 2 is 2.40 bits per heavy atom. The van der Waals surface area contributed by atoms with E-state index in [0.29, 0.717) is 6.04 Å². The first-order valence-electron chi connectivity index (χ1n) is 5.56. The van der Waals surface area contributed by atoms with Crippen molar-refractivity contribution in [2.75, 3.05) is 19.8 Å². The molecule has 0 saturated carbocycles. The molecule has 0 bridgehead atoms. The molecule has 15 heavy (non-hydrogen) atoms. The van der Waals surface area contributed by atoms with Crippen LogP contribution in [0.4, 0.5) is 0 Å². The predicted octanol–water partition coefficient (Wildman–Crippen LogP) is 2.09. The third-order valence-electron chi connectivity index (χ3n) is 2.11. The van der Waals surface area contributed by atoms with E-state index in [4.69, 9.17) is 4.74 Å². The van der Waals surface area contributed by atoms with Crippen LogP contribution in [0.5, 0.6) is 0 Å². The van der Waals surface area contributed by atoms with Gasteiger partial charge in [-0.25, -0.2) is 4.98 Å². The number of aromatic nitrogens is 1. The van der Waals surface area contributed by atoms with E-state index < -0.39 is 0 Å². The lowest BCUT2D eigenvalue weighted by Crippen LogP contribution is -2.36. The minimum Gasteiger partial charge on any atom is -0.380 e. The fraction of sp³-hybridized carbons (Fsp3) is 0.727. The highest BCUT2D eigenvalue weighted by molar-refractivity contribution is 7.09. The lowest BCUT2D eigenvalue weighted by Gasteiger charge is -2.16. The first kappa shape index (κ1) is 12.6. The van der Waals surface area contributed by atoms with Crippen LogP contribution in [0.3, 0.4) is 0 Å². The summed E-state index contributed by atoms with van der Waals surface area (Å²) < 4.78 is 5.46. The molecule has 86 valence electrons. The standard InChI is InChI=1S/C11H20N2OS/c1-3-5-12-10(9-14-4-2)8-11-13-6-7-15-11/h6-7,10,12H,3-5,8-9H2,1-2H3. The van der Waals surface area contributed by atoms with E-state index in [1.165, 1.54) is 5.01 Å². The molecule has 3 nitrogen and oxygen atoms in total. The number of rotatable bonds is 8. The van der Waals surface area contributed by atoms with Crippen molar-refractivity contribution in [2.45, 2.75) is 32.7 Å². The Morgan fingerprint density at radius 3 is 3.00 bits per heavy atom. The van der Waals surface area contributed by atoms with Gasteiger partial charge in [0.25, 0.3) is 0 Å². The Hall–Kier alpha value is -0.450. The zero-order valence-electron chi connectivity index (χ0n) is 9.53. The van der Waals surface area contributed by atoms with Crippen molar-refractivity contribution in [3.63, 3.8) is 0 Å². The third-order valence-corrected chi connectivity index (χ3v) is 2.91. The SMILES string of the molecule is CCCNC(COCC)Cc1nccs1. The molecule has 0 amide bonds. The third kappa shape index (κ3) is 5.25. The number of hydrogen-bond donors (Lipinski definition) is 1. The summed E-state index contributed by atoms with van der Waals surface area (Å²) in [5.74, 6) is 0. The molecule has 0 radical (unpaired) electrons. The molecular weight excluding hydrogens is 208 g/mol. The molecule has 1 unspecified atom stereocenters. The van der Waals surface area contributed by atoms with Gasteiger partial charge in [-0.15, -0.1) is 11.3 Å². The molecule has 1 atom stereocenters. The summed E-state index contributed by atoms with van der Waals surface area (Å²) in [5.41, 5.74) is 0. The molecule has 0 aliphatic rings. The van der Waals surface area contributed by atoms with E-state index in [1.807, 2.05) is 18.5 Å². The highest BCUT2D eigenvalue weighted by Gasteiger charge is 2.10. The Bertz CT molecular complexity index is 231. The molecule has 0 aliphatic carbocycles. The maximum Gasteiger partial charge on any atom is 0.0941 e. The second-order valence-corrected chi connectivity index (χ2v) is 4.42. The van der Waals surface area contributed by atoms with E-state index in [0.717, 1.165) is 32.6 Å². The second kappa shape index (κ2) is 7.79. The van der Waals surface area contributed by atoms with Gasteiger partial charge in [0.15, 0.2) is 0 Å². The summed E-state index contributed by atoms with van der Waals surface area (Å²) in [5, 5.41) is 6.69. The van der Waals surface area contributed by atoms with Crippen molar-refractivity contribution in [1.82, 2.24) is 10.3 Å². The maximum absolute atomic E-state index is 5.46. The normalized spacial score (nSPS) is 12.9. The van der Waals surface area contributed by atoms with Crippen LogP contribution < -0.4 is 5.32 Å². The largest absolute Gasteiger partial charge is 0.380 e.